The van der Waals surface area contributed by atoms with Crippen LogP contribution < -0.4 is 20.4 Å². The van der Waals surface area contributed by atoms with Crippen molar-refractivity contribution < 1.29 is 19.4 Å². The Hall–Kier alpha value is -0.440. The van der Waals surface area contributed by atoms with Gasteiger partial charge in [-0.05, 0) is 25.7 Å². The summed E-state index contributed by atoms with van der Waals surface area (Å²) in [4.78, 5) is 27.6. The van der Waals surface area contributed by atoms with Gasteiger partial charge in [0, 0.05) is 50.3 Å². The highest BCUT2D eigenvalue weighted by molar-refractivity contribution is 8.76. The van der Waals surface area contributed by atoms with Crippen molar-refractivity contribution in [2.75, 3.05) is 64.9 Å². The van der Waals surface area contributed by atoms with Crippen molar-refractivity contribution in [2.45, 2.75) is 219 Å². The van der Waals surface area contributed by atoms with E-state index in [0.29, 0.717) is 12.8 Å². The minimum atomic E-state index is 0.184. The van der Waals surface area contributed by atoms with E-state index in [1.807, 2.05) is 0 Å². The molecule has 2 unspecified atom stereocenters. The highest BCUT2D eigenvalue weighted by atomic mass is 33.1. The first-order valence-corrected chi connectivity index (χ1v) is 26.4. The summed E-state index contributed by atoms with van der Waals surface area (Å²) >= 11 is 0. The summed E-state index contributed by atoms with van der Waals surface area (Å²) in [5.41, 5.74) is 0. The van der Waals surface area contributed by atoms with Crippen LogP contribution in [0.3, 0.4) is 0 Å². The lowest BCUT2D eigenvalue weighted by molar-refractivity contribution is -0.880. The first-order valence-electron chi connectivity index (χ1n) is 23.9. The molecule has 0 aliphatic carbocycles. The third-order valence-corrected chi connectivity index (χ3v) is 13.4. The Labute approximate surface area is 346 Å². The second-order valence-electron chi connectivity index (χ2n) is 16.7. The lowest BCUT2D eigenvalue weighted by Gasteiger charge is -2.14. The number of unbranched alkanes of at least 4 members (excludes halogenated alkanes) is 26. The molecule has 0 fully saturated rings. The molecule has 6 nitrogen and oxygen atoms in total. The molecule has 2 atom stereocenters. The zero-order valence-corrected chi connectivity index (χ0v) is 38.6. The predicted molar refractivity (Wildman–Crippen MR) is 243 cm³/mol. The van der Waals surface area contributed by atoms with Gasteiger partial charge in [-0.3, -0.25) is 9.59 Å². The van der Waals surface area contributed by atoms with E-state index in [1.165, 1.54) is 193 Å². The van der Waals surface area contributed by atoms with Gasteiger partial charge < -0.3 is 20.4 Å². The van der Waals surface area contributed by atoms with Crippen LogP contribution in [-0.2, 0) is 9.59 Å². The lowest BCUT2D eigenvalue weighted by atomic mass is 10.0. The van der Waals surface area contributed by atoms with E-state index in [2.05, 4.69) is 38.6 Å². The molecule has 8 heteroatoms. The van der Waals surface area contributed by atoms with Gasteiger partial charge in [-0.25, -0.2) is 0 Å². The summed E-state index contributed by atoms with van der Waals surface area (Å²) in [5, 5.41) is 6.16. The Kier molecular flexibility index (Phi) is 44.9. The molecule has 0 saturated heterocycles. The predicted octanol–water partition coefficient (Wildman–Crippen LogP) is 10.2. The fraction of sp³-hybridized carbons (Fsp3) is 0.957. The number of carbonyl (C=O) groups is 2. The van der Waals surface area contributed by atoms with Crippen LogP contribution in [0.2, 0.25) is 0 Å². The number of rotatable bonds is 45. The molecule has 54 heavy (non-hydrogen) atoms. The number of carbonyl (C=O) groups excluding carboxylic acids is 2. The van der Waals surface area contributed by atoms with Gasteiger partial charge in [-0.2, -0.15) is 0 Å². The van der Waals surface area contributed by atoms with Gasteiger partial charge in [0.2, 0.25) is 11.8 Å². The standard InChI is InChI=1S/C46H94N4O2S2/c1-5-7-9-11-13-15-17-19-21-23-25-27-29-31-39-49(3)41-33-35-45(51)47-37-43-53-54-44-38-48-46(52)36-34-42-50(4)40-32-30-28-26-24-22-20-18-16-14-12-10-8-6-2/h5-44H2,1-4H3,(H,47,51)(H,48,52)/p+2. The highest BCUT2D eigenvalue weighted by Crippen LogP contribution is 2.19. The minimum absolute atomic E-state index is 0.184. The van der Waals surface area contributed by atoms with Gasteiger partial charge >= 0.3 is 0 Å². The average molecular weight is 801 g/mol. The Balaban J connectivity index is 3.39. The third-order valence-electron chi connectivity index (χ3n) is 11.0. The highest BCUT2D eigenvalue weighted by Gasteiger charge is 2.07. The van der Waals surface area contributed by atoms with Gasteiger partial charge in [-0.15, -0.1) is 0 Å². The second kappa shape index (κ2) is 45.3. The maximum absolute atomic E-state index is 12.2. The van der Waals surface area contributed by atoms with Crippen LogP contribution in [0.5, 0.6) is 0 Å². The van der Waals surface area contributed by atoms with Gasteiger partial charge in [-0.1, -0.05) is 190 Å². The number of hydrogen-bond donors (Lipinski definition) is 4. The smallest absolute Gasteiger partial charge is 0.220 e. The normalized spacial score (nSPS) is 12.6. The first kappa shape index (κ1) is 53.6. The molecule has 0 heterocycles. The molecule has 0 bridgehead atoms. The summed E-state index contributed by atoms with van der Waals surface area (Å²) in [7, 11) is 8.12. The largest absolute Gasteiger partial charge is 0.355 e. The molecule has 0 aliphatic rings. The third kappa shape index (κ3) is 44.3. The van der Waals surface area contributed by atoms with Crippen LogP contribution in [0, 0.1) is 0 Å². The molecule has 0 saturated carbocycles. The maximum atomic E-state index is 12.2. The molecule has 2 amide bonds. The van der Waals surface area contributed by atoms with Crippen LogP contribution in [0.25, 0.3) is 0 Å². The average Bonchev–Trinajstić information content (AvgIpc) is 3.16. The fourth-order valence-electron chi connectivity index (χ4n) is 7.35. The van der Waals surface area contributed by atoms with E-state index < -0.39 is 0 Å². The first-order chi connectivity index (χ1) is 26.5. The molecule has 4 N–H and O–H groups in total. The molecule has 0 aromatic heterocycles. The van der Waals surface area contributed by atoms with Crippen LogP contribution >= 0.6 is 21.6 Å². The summed E-state index contributed by atoms with van der Waals surface area (Å²) in [6.45, 7) is 10.6. The van der Waals surface area contributed by atoms with E-state index in [0.717, 1.165) is 50.5 Å². The Morgan fingerprint density at radius 2 is 0.611 bits per heavy atom. The van der Waals surface area contributed by atoms with Gasteiger partial charge in [0.05, 0.1) is 40.3 Å². The molecule has 0 radical (unpaired) electrons. The molecular weight excluding hydrogens is 705 g/mol. The molecule has 322 valence electrons. The minimum Gasteiger partial charge on any atom is -0.355 e. The molecule has 0 aromatic carbocycles. The van der Waals surface area contributed by atoms with Gasteiger partial charge in [0.15, 0.2) is 0 Å². The fourth-order valence-corrected chi connectivity index (χ4v) is 9.17. The van der Waals surface area contributed by atoms with Crippen molar-refractivity contribution in [2.24, 2.45) is 0 Å². The number of amides is 2. The van der Waals surface area contributed by atoms with E-state index in [9.17, 15) is 9.59 Å². The van der Waals surface area contributed by atoms with Crippen LogP contribution in [0.4, 0.5) is 0 Å². The maximum Gasteiger partial charge on any atom is 0.220 e. The Morgan fingerprint density at radius 3 is 0.889 bits per heavy atom. The van der Waals surface area contributed by atoms with Crippen molar-refractivity contribution in [1.82, 2.24) is 10.6 Å². The topological polar surface area (TPSA) is 67.1 Å². The molecule has 0 aromatic rings. The summed E-state index contributed by atoms with van der Waals surface area (Å²) in [5.74, 6) is 2.18. The molecular formula is C46H96N4O2S2+2. The zero-order chi connectivity index (χ0) is 39.4. The van der Waals surface area contributed by atoms with Crippen molar-refractivity contribution in [3.8, 4) is 0 Å². The SMILES string of the molecule is CCCCCCCCCCCCCCCC[NH+](C)CCCC(=O)NCCSSCCNC(=O)CCC[NH+](C)CCCCCCCCCCCCCCCC. The van der Waals surface area contributed by atoms with Gasteiger partial charge in [0.25, 0.3) is 0 Å². The van der Waals surface area contributed by atoms with E-state index in [-0.39, 0.29) is 11.8 Å². The van der Waals surface area contributed by atoms with Crippen molar-refractivity contribution in [3.63, 3.8) is 0 Å². The number of hydrogen-bond acceptors (Lipinski definition) is 4. The van der Waals surface area contributed by atoms with Crippen molar-refractivity contribution in [1.29, 1.82) is 0 Å². The van der Waals surface area contributed by atoms with E-state index >= 15 is 0 Å². The van der Waals surface area contributed by atoms with E-state index in [4.69, 9.17) is 0 Å². The molecule has 0 aliphatic heterocycles. The van der Waals surface area contributed by atoms with Crippen molar-refractivity contribution >= 4 is 33.4 Å². The quantitative estimate of drug-likeness (QED) is 0.0366. The van der Waals surface area contributed by atoms with Gasteiger partial charge in [0.1, 0.15) is 0 Å². The van der Waals surface area contributed by atoms with Crippen LogP contribution in [0.15, 0.2) is 0 Å². The summed E-state index contributed by atoms with van der Waals surface area (Å²) < 4.78 is 0. The monoisotopic (exact) mass is 801 g/mol. The molecule has 0 spiro atoms. The number of nitrogens with one attached hydrogen (secondary N) is 4. The number of quaternary nitrogens is 2. The van der Waals surface area contributed by atoms with Crippen LogP contribution in [-0.4, -0.2) is 76.7 Å². The Bertz CT molecular complexity index is 713. The van der Waals surface area contributed by atoms with E-state index in [1.54, 1.807) is 31.4 Å². The van der Waals surface area contributed by atoms with Crippen molar-refractivity contribution in [3.05, 3.63) is 0 Å². The van der Waals surface area contributed by atoms with Crippen LogP contribution in [0.1, 0.15) is 219 Å². The Morgan fingerprint density at radius 1 is 0.370 bits per heavy atom. The summed E-state index contributed by atoms with van der Waals surface area (Å²) in [6.07, 6.45) is 42.6. The lowest BCUT2D eigenvalue weighted by Crippen LogP contribution is -3.09. The summed E-state index contributed by atoms with van der Waals surface area (Å²) in [6, 6.07) is 0. The second-order valence-corrected chi connectivity index (χ2v) is 19.4. The molecule has 0 rings (SSSR count). The zero-order valence-electron chi connectivity index (χ0n) is 36.9.